The molecule has 0 rings (SSSR count). The first kappa shape index (κ1) is 14.4. The van der Waals surface area contributed by atoms with Gasteiger partial charge in [0, 0.05) is 0 Å². The fourth-order valence-corrected chi connectivity index (χ4v) is 1.41. The summed E-state index contributed by atoms with van der Waals surface area (Å²) in [4.78, 5) is 10.5. The fourth-order valence-electron chi connectivity index (χ4n) is 1.41. The second-order valence-electron chi connectivity index (χ2n) is 3.80. The minimum atomic E-state index is -0.983. The zero-order chi connectivity index (χ0) is 11.5. The van der Waals surface area contributed by atoms with Gasteiger partial charge in [-0.15, -0.1) is 0 Å². The van der Waals surface area contributed by atoms with Crippen LogP contribution >= 0.6 is 0 Å². The Hall–Kier alpha value is -0.610. The van der Waals surface area contributed by atoms with Crippen molar-refractivity contribution in [3.05, 3.63) is 0 Å². The number of aliphatic hydroxyl groups is 1. The van der Waals surface area contributed by atoms with E-state index in [4.69, 9.17) is 10.2 Å². The van der Waals surface area contributed by atoms with E-state index in [1.165, 1.54) is 25.7 Å². The first-order valence-corrected chi connectivity index (χ1v) is 5.79. The predicted molar refractivity (Wildman–Crippen MR) is 59.9 cm³/mol. The van der Waals surface area contributed by atoms with Crippen molar-refractivity contribution >= 4 is 5.97 Å². The Balaban J connectivity index is 3.25. The number of carbonyl (C=O) groups is 1. The molecule has 1 atom stereocenters. The van der Waals surface area contributed by atoms with Crippen LogP contribution in [0.4, 0.5) is 0 Å². The van der Waals surface area contributed by atoms with Crippen molar-refractivity contribution in [2.45, 2.75) is 51.5 Å². The summed E-state index contributed by atoms with van der Waals surface area (Å²) < 4.78 is 0. The lowest BCUT2D eigenvalue weighted by Gasteiger charge is -2.10. The van der Waals surface area contributed by atoms with Gasteiger partial charge in [0.15, 0.2) is 0 Å². The van der Waals surface area contributed by atoms with Crippen molar-refractivity contribution < 1.29 is 15.0 Å². The highest BCUT2D eigenvalue weighted by Crippen LogP contribution is 2.04. The molecular formula is C11H23NO3. The first-order valence-electron chi connectivity index (χ1n) is 5.79. The zero-order valence-electron chi connectivity index (χ0n) is 9.54. The number of rotatable bonds is 10. The Morgan fingerprint density at radius 3 is 2.33 bits per heavy atom. The Kier molecular flexibility index (Phi) is 9.52. The summed E-state index contributed by atoms with van der Waals surface area (Å²) in [6.07, 6.45) is 7.11. The van der Waals surface area contributed by atoms with Crippen molar-refractivity contribution in [3.63, 3.8) is 0 Å². The largest absolute Gasteiger partial charge is 0.480 e. The Labute approximate surface area is 91.7 Å². The lowest BCUT2D eigenvalue weighted by molar-refractivity contribution is -0.140. The molecule has 0 aliphatic rings. The highest BCUT2D eigenvalue weighted by Gasteiger charge is 2.13. The molecule has 0 radical (unpaired) electrons. The van der Waals surface area contributed by atoms with Crippen molar-refractivity contribution in [1.29, 1.82) is 0 Å². The summed E-state index contributed by atoms with van der Waals surface area (Å²) in [5.74, 6) is -0.983. The minimum Gasteiger partial charge on any atom is -0.480 e. The lowest BCUT2D eigenvalue weighted by Crippen LogP contribution is -2.40. The number of carboxylic acids is 1. The summed E-state index contributed by atoms with van der Waals surface area (Å²) >= 11 is 0. The third kappa shape index (κ3) is 8.39. The number of hydrogen-bond acceptors (Lipinski definition) is 3. The molecule has 0 saturated carbocycles. The highest BCUT2D eigenvalue weighted by molar-refractivity contribution is 5.73. The maximum atomic E-state index is 10.5. The van der Waals surface area contributed by atoms with Gasteiger partial charge in [0.25, 0.3) is 0 Å². The molecule has 0 aliphatic carbocycles. The molecule has 0 spiro atoms. The van der Waals surface area contributed by atoms with Gasteiger partial charge in [0.1, 0.15) is 6.04 Å². The molecule has 3 N–H and O–H groups in total. The number of hydrogen-bond donors (Lipinski definition) is 3. The first-order chi connectivity index (χ1) is 7.22. The van der Waals surface area contributed by atoms with Gasteiger partial charge in [-0.05, 0) is 13.0 Å². The molecule has 0 aromatic heterocycles. The normalized spacial score (nSPS) is 12.7. The molecule has 1 unspecified atom stereocenters. The molecule has 15 heavy (non-hydrogen) atoms. The molecule has 0 bridgehead atoms. The van der Waals surface area contributed by atoms with Gasteiger partial charge in [-0.3, -0.25) is 4.79 Å². The van der Waals surface area contributed by atoms with E-state index in [0.29, 0.717) is 6.54 Å². The maximum absolute atomic E-state index is 10.5. The number of carboxylic acid groups (broad SMARTS) is 1. The molecule has 0 amide bonds. The van der Waals surface area contributed by atoms with E-state index in [1.54, 1.807) is 0 Å². The smallest absolute Gasteiger partial charge is 0.323 e. The third-order valence-electron chi connectivity index (χ3n) is 2.40. The van der Waals surface area contributed by atoms with Crippen LogP contribution in [0, 0.1) is 0 Å². The molecule has 4 nitrogen and oxygen atoms in total. The molecule has 0 fully saturated rings. The third-order valence-corrected chi connectivity index (χ3v) is 2.40. The predicted octanol–water partition coefficient (Wildman–Crippen LogP) is 1.38. The van der Waals surface area contributed by atoms with Crippen LogP contribution in [-0.2, 0) is 4.79 Å². The fraction of sp³-hybridized carbons (Fsp3) is 0.909. The number of nitrogens with one attached hydrogen (secondary N) is 1. The summed E-state index contributed by atoms with van der Waals surface area (Å²) in [5.41, 5.74) is 0. The van der Waals surface area contributed by atoms with Gasteiger partial charge >= 0.3 is 5.97 Å². The molecule has 0 aliphatic heterocycles. The summed E-state index contributed by atoms with van der Waals surface area (Å²) in [5, 5.41) is 20.2. The number of aliphatic carboxylic acids is 1. The molecule has 4 heteroatoms. The van der Waals surface area contributed by atoms with Crippen LogP contribution in [0.3, 0.4) is 0 Å². The van der Waals surface area contributed by atoms with E-state index in [2.05, 4.69) is 12.2 Å². The van der Waals surface area contributed by atoms with Crippen LogP contribution in [0.25, 0.3) is 0 Å². The highest BCUT2D eigenvalue weighted by atomic mass is 16.4. The second kappa shape index (κ2) is 9.93. The van der Waals surface area contributed by atoms with E-state index in [1.807, 2.05) is 0 Å². The van der Waals surface area contributed by atoms with Gasteiger partial charge in [-0.25, -0.2) is 0 Å². The van der Waals surface area contributed by atoms with Crippen LogP contribution in [0.5, 0.6) is 0 Å². The summed E-state index contributed by atoms with van der Waals surface area (Å²) in [7, 11) is 0. The quantitative estimate of drug-likeness (QED) is 0.484. The van der Waals surface area contributed by atoms with Crippen LogP contribution in [0.1, 0.15) is 45.4 Å². The molecule has 0 heterocycles. The Morgan fingerprint density at radius 2 is 1.80 bits per heavy atom. The Bertz CT molecular complexity index is 162. The van der Waals surface area contributed by atoms with E-state index < -0.39 is 12.0 Å². The zero-order valence-corrected chi connectivity index (χ0v) is 9.54. The van der Waals surface area contributed by atoms with Crippen LogP contribution in [0.2, 0.25) is 0 Å². The molecule has 0 aromatic rings. The number of unbranched alkanes of at least 4 members (excludes halogenated alkanes) is 5. The van der Waals surface area contributed by atoms with Gasteiger partial charge in [-0.2, -0.15) is 0 Å². The summed E-state index contributed by atoms with van der Waals surface area (Å²) in [6.45, 7) is 2.51. The standard InChI is InChI=1S/C11H23NO3/c1-2-3-4-5-6-7-8-12-10(9-13)11(14)15/h10,12-13H,2-9H2,1H3,(H,14,15). The van der Waals surface area contributed by atoms with Crippen LogP contribution in [0.15, 0.2) is 0 Å². The topological polar surface area (TPSA) is 69.6 Å². The van der Waals surface area contributed by atoms with Gasteiger partial charge in [0.05, 0.1) is 6.61 Å². The van der Waals surface area contributed by atoms with Crippen LogP contribution < -0.4 is 5.32 Å². The van der Waals surface area contributed by atoms with Gasteiger partial charge < -0.3 is 15.5 Å². The molecule has 0 saturated heterocycles. The molecular weight excluding hydrogens is 194 g/mol. The van der Waals surface area contributed by atoms with Crippen molar-refractivity contribution in [2.75, 3.05) is 13.2 Å². The van der Waals surface area contributed by atoms with E-state index in [0.717, 1.165) is 12.8 Å². The van der Waals surface area contributed by atoms with E-state index in [-0.39, 0.29) is 6.61 Å². The average molecular weight is 217 g/mol. The van der Waals surface area contributed by atoms with E-state index >= 15 is 0 Å². The summed E-state index contributed by atoms with van der Waals surface area (Å²) in [6, 6.07) is -0.805. The van der Waals surface area contributed by atoms with E-state index in [9.17, 15) is 4.79 Å². The maximum Gasteiger partial charge on any atom is 0.323 e. The van der Waals surface area contributed by atoms with Gasteiger partial charge in [-0.1, -0.05) is 39.0 Å². The van der Waals surface area contributed by atoms with Crippen molar-refractivity contribution in [3.8, 4) is 0 Å². The molecule has 0 aromatic carbocycles. The molecule has 90 valence electrons. The second-order valence-corrected chi connectivity index (χ2v) is 3.80. The monoisotopic (exact) mass is 217 g/mol. The Morgan fingerprint density at radius 1 is 1.20 bits per heavy atom. The van der Waals surface area contributed by atoms with Crippen LogP contribution in [-0.4, -0.2) is 35.4 Å². The van der Waals surface area contributed by atoms with Gasteiger partial charge in [0.2, 0.25) is 0 Å². The SMILES string of the molecule is CCCCCCCCNC(CO)C(=O)O. The van der Waals surface area contributed by atoms with Crippen molar-refractivity contribution in [1.82, 2.24) is 5.32 Å². The number of aliphatic hydroxyl groups excluding tert-OH is 1. The average Bonchev–Trinajstić information content (AvgIpc) is 2.21. The van der Waals surface area contributed by atoms with Crippen molar-refractivity contribution in [2.24, 2.45) is 0 Å². The lowest BCUT2D eigenvalue weighted by atomic mass is 10.1. The minimum absolute atomic E-state index is 0.342.